The van der Waals surface area contributed by atoms with Crippen LogP contribution in [0.15, 0.2) is 30.3 Å². The molecule has 0 aromatic heterocycles. The molecule has 0 spiro atoms. The maximum absolute atomic E-state index is 11.9. The molecule has 5 heteroatoms. The van der Waals surface area contributed by atoms with Crippen LogP contribution in [0, 0.1) is 5.92 Å². The van der Waals surface area contributed by atoms with Crippen molar-refractivity contribution in [2.24, 2.45) is 5.92 Å². The van der Waals surface area contributed by atoms with Crippen molar-refractivity contribution in [1.29, 1.82) is 0 Å². The van der Waals surface area contributed by atoms with E-state index in [0.29, 0.717) is 6.61 Å². The van der Waals surface area contributed by atoms with Crippen LogP contribution in [0.5, 0.6) is 0 Å². The number of nitrogens with zero attached hydrogens (tertiary/aromatic N) is 1. The van der Waals surface area contributed by atoms with Gasteiger partial charge >= 0.3 is 5.97 Å². The molecule has 0 bridgehead atoms. The first-order chi connectivity index (χ1) is 9.47. The molecule has 0 radical (unpaired) electrons. The van der Waals surface area contributed by atoms with Crippen molar-refractivity contribution >= 4 is 17.6 Å². The third-order valence-corrected chi connectivity index (χ3v) is 2.80. The van der Waals surface area contributed by atoms with E-state index in [-0.39, 0.29) is 17.8 Å². The molecule has 0 aliphatic heterocycles. The Morgan fingerprint density at radius 2 is 1.80 bits per heavy atom. The summed E-state index contributed by atoms with van der Waals surface area (Å²) in [6.07, 6.45) is 0. The number of ether oxygens (including phenoxy) is 1. The van der Waals surface area contributed by atoms with E-state index >= 15 is 0 Å². The number of amides is 1. The number of esters is 1. The average Bonchev–Trinajstić information content (AvgIpc) is 2.44. The van der Waals surface area contributed by atoms with E-state index in [9.17, 15) is 9.59 Å². The minimum Gasteiger partial charge on any atom is -0.464 e. The minimum absolute atomic E-state index is 0.148. The van der Waals surface area contributed by atoms with Gasteiger partial charge in [-0.05, 0) is 26.0 Å². The predicted molar refractivity (Wildman–Crippen MR) is 78.0 cm³/mol. The Morgan fingerprint density at radius 1 is 1.20 bits per heavy atom. The lowest BCUT2D eigenvalue weighted by Crippen LogP contribution is -2.52. The smallest absolute Gasteiger partial charge is 0.330 e. The van der Waals surface area contributed by atoms with Gasteiger partial charge in [-0.3, -0.25) is 15.2 Å². The maximum Gasteiger partial charge on any atom is 0.330 e. The molecule has 0 saturated heterocycles. The summed E-state index contributed by atoms with van der Waals surface area (Å²) in [5.41, 5.74) is 3.50. The van der Waals surface area contributed by atoms with Crippen LogP contribution in [0.1, 0.15) is 27.7 Å². The fraction of sp³-hybridized carbons (Fsp3) is 0.467. The van der Waals surface area contributed by atoms with Crippen LogP contribution >= 0.6 is 0 Å². The van der Waals surface area contributed by atoms with E-state index in [1.807, 2.05) is 30.3 Å². The standard InChI is InChI=1S/C15H22N2O3/c1-5-20-15(19)12(4)17(16-14(18)11(2)3)13-9-7-6-8-10-13/h6-12H,5H2,1-4H3,(H,16,18). The summed E-state index contributed by atoms with van der Waals surface area (Å²) in [7, 11) is 0. The SMILES string of the molecule is CCOC(=O)C(C)N(NC(=O)C(C)C)c1ccccc1. The van der Waals surface area contributed by atoms with Crippen LogP contribution in [0.3, 0.4) is 0 Å². The van der Waals surface area contributed by atoms with Crippen molar-refractivity contribution in [3.05, 3.63) is 30.3 Å². The van der Waals surface area contributed by atoms with E-state index in [1.165, 1.54) is 0 Å². The molecule has 110 valence electrons. The van der Waals surface area contributed by atoms with Crippen LogP contribution < -0.4 is 10.4 Å². The van der Waals surface area contributed by atoms with Crippen LogP contribution in [-0.4, -0.2) is 24.5 Å². The molecule has 1 amide bonds. The molecule has 0 aliphatic carbocycles. The van der Waals surface area contributed by atoms with Crippen LogP contribution in [-0.2, 0) is 14.3 Å². The first-order valence-corrected chi connectivity index (χ1v) is 6.78. The number of carbonyl (C=O) groups excluding carboxylic acids is 2. The topological polar surface area (TPSA) is 58.6 Å². The maximum atomic E-state index is 11.9. The van der Waals surface area contributed by atoms with Crippen LogP contribution in [0.25, 0.3) is 0 Å². The Balaban J connectivity index is 2.95. The monoisotopic (exact) mass is 278 g/mol. The Kier molecular flexibility index (Phi) is 6.03. The molecular weight excluding hydrogens is 256 g/mol. The van der Waals surface area contributed by atoms with Gasteiger partial charge in [0.05, 0.1) is 12.3 Å². The van der Waals surface area contributed by atoms with Gasteiger partial charge in [-0.2, -0.15) is 0 Å². The fourth-order valence-corrected chi connectivity index (χ4v) is 1.59. The molecule has 1 atom stereocenters. The molecule has 0 fully saturated rings. The number of rotatable bonds is 6. The lowest BCUT2D eigenvalue weighted by atomic mass is 10.2. The van der Waals surface area contributed by atoms with Gasteiger partial charge in [0.15, 0.2) is 0 Å². The zero-order chi connectivity index (χ0) is 15.1. The second kappa shape index (κ2) is 7.53. The fourth-order valence-electron chi connectivity index (χ4n) is 1.59. The number of carbonyl (C=O) groups is 2. The third-order valence-electron chi connectivity index (χ3n) is 2.80. The van der Waals surface area contributed by atoms with Gasteiger partial charge in [0.1, 0.15) is 6.04 Å². The van der Waals surface area contributed by atoms with Gasteiger partial charge in [0.25, 0.3) is 0 Å². The zero-order valence-electron chi connectivity index (χ0n) is 12.4. The van der Waals surface area contributed by atoms with E-state index in [2.05, 4.69) is 5.43 Å². The van der Waals surface area contributed by atoms with Gasteiger partial charge in [0, 0.05) is 5.92 Å². The number of benzene rings is 1. The van der Waals surface area contributed by atoms with Gasteiger partial charge < -0.3 is 4.74 Å². The van der Waals surface area contributed by atoms with E-state index in [1.54, 1.807) is 32.7 Å². The third kappa shape index (κ3) is 4.26. The second-order valence-electron chi connectivity index (χ2n) is 4.76. The number of nitrogens with one attached hydrogen (secondary N) is 1. The molecule has 1 N–H and O–H groups in total. The van der Waals surface area contributed by atoms with Gasteiger partial charge in [-0.1, -0.05) is 32.0 Å². The summed E-state index contributed by atoms with van der Waals surface area (Å²) in [5, 5.41) is 1.54. The number of hydrazine groups is 1. The number of para-hydroxylation sites is 1. The van der Waals surface area contributed by atoms with Crippen molar-refractivity contribution in [3.63, 3.8) is 0 Å². The van der Waals surface area contributed by atoms with Crippen LogP contribution in [0.2, 0.25) is 0 Å². The highest BCUT2D eigenvalue weighted by Crippen LogP contribution is 2.15. The number of hydrogen-bond acceptors (Lipinski definition) is 4. The summed E-state index contributed by atoms with van der Waals surface area (Å²) < 4.78 is 5.02. The summed E-state index contributed by atoms with van der Waals surface area (Å²) in [6.45, 7) is 7.36. The van der Waals surface area contributed by atoms with E-state index in [4.69, 9.17) is 4.74 Å². The van der Waals surface area contributed by atoms with Crippen molar-refractivity contribution in [2.75, 3.05) is 11.6 Å². The minimum atomic E-state index is -0.597. The van der Waals surface area contributed by atoms with Gasteiger partial charge in [0.2, 0.25) is 5.91 Å². The highest BCUT2D eigenvalue weighted by Gasteiger charge is 2.25. The second-order valence-corrected chi connectivity index (χ2v) is 4.76. The van der Waals surface area contributed by atoms with Crippen molar-refractivity contribution < 1.29 is 14.3 Å². The lowest BCUT2D eigenvalue weighted by Gasteiger charge is -2.30. The largest absolute Gasteiger partial charge is 0.464 e. The Morgan fingerprint density at radius 3 is 2.30 bits per heavy atom. The van der Waals surface area contributed by atoms with Crippen LogP contribution in [0.4, 0.5) is 5.69 Å². The van der Waals surface area contributed by atoms with E-state index in [0.717, 1.165) is 5.69 Å². The first kappa shape index (κ1) is 16.0. The van der Waals surface area contributed by atoms with E-state index < -0.39 is 6.04 Å². The quantitative estimate of drug-likeness (QED) is 0.640. The average molecular weight is 278 g/mol. The Bertz CT molecular complexity index is 446. The Labute approximate surface area is 119 Å². The van der Waals surface area contributed by atoms with Crippen molar-refractivity contribution in [3.8, 4) is 0 Å². The van der Waals surface area contributed by atoms with Gasteiger partial charge in [-0.15, -0.1) is 0 Å². The first-order valence-electron chi connectivity index (χ1n) is 6.78. The molecule has 5 nitrogen and oxygen atoms in total. The summed E-state index contributed by atoms with van der Waals surface area (Å²) >= 11 is 0. The molecular formula is C15H22N2O3. The normalized spacial score (nSPS) is 11.8. The lowest BCUT2D eigenvalue weighted by molar-refractivity contribution is -0.144. The molecule has 1 aromatic carbocycles. The molecule has 0 heterocycles. The van der Waals surface area contributed by atoms with Gasteiger partial charge in [-0.25, -0.2) is 4.79 Å². The predicted octanol–water partition coefficient (Wildman–Crippen LogP) is 2.13. The number of anilines is 1. The highest BCUT2D eigenvalue weighted by molar-refractivity contribution is 5.84. The zero-order valence-corrected chi connectivity index (χ0v) is 12.4. The molecule has 1 aromatic rings. The molecule has 1 rings (SSSR count). The Hall–Kier alpha value is -2.04. The molecule has 1 unspecified atom stereocenters. The molecule has 20 heavy (non-hydrogen) atoms. The summed E-state index contributed by atoms with van der Waals surface area (Å²) in [5.74, 6) is -0.694. The van der Waals surface area contributed by atoms with Crippen molar-refractivity contribution in [1.82, 2.24) is 5.43 Å². The molecule has 0 saturated carbocycles. The highest BCUT2D eigenvalue weighted by atomic mass is 16.5. The number of hydrogen-bond donors (Lipinski definition) is 1. The van der Waals surface area contributed by atoms with Crippen molar-refractivity contribution in [2.45, 2.75) is 33.7 Å². The summed E-state index contributed by atoms with van der Waals surface area (Å²) in [4.78, 5) is 23.8. The summed E-state index contributed by atoms with van der Waals surface area (Å²) in [6, 6.07) is 8.64. The molecule has 0 aliphatic rings.